The van der Waals surface area contributed by atoms with Gasteiger partial charge in [-0.2, -0.15) is 4.37 Å². The lowest BCUT2D eigenvalue weighted by Gasteiger charge is -2.07. The molecule has 0 aromatic carbocycles. The number of carbonyl (C=O) groups excluding carboxylic acids is 3. The monoisotopic (exact) mass is 382 g/mol. The predicted octanol–water partition coefficient (Wildman–Crippen LogP) is 1.78. The summed E-state index contributed by atoms with van der Waals surface area (Å²) in [5.74, 6) is -1.36. The number of hydrogen-bond donors (Lipinski definition) is 3. The number of aromatic nitrogens is 1. The van der Waals surface area contributed by atoms with Crippen molar-refractivity contribution in [3.05, 3.63) is 33.6 Å². The van der Waals surface area contributed by atoms with Gasteiger partial charge in [0.2, 0.25) is 0 Å². The first-order valence-corrected chi connectivity index (χ1v) is 9.07. The topological polar surface area (TPSA) is 109 Å². The first-order chi connectivity index (χ1) is 12.0. The van der Waals surface area contributed by atoms with Crippen molar-refractivity contribution in [2.75, 3.05) is 25.5 Å². The maximum Gasteiger partial charge on any atom is 0.343 e. The standard InChI is InChI=1S/C15H18N4O4S2/c1-9-12(13(16-2)25-19-9)14(21)23-8-11(20)18-15(22)17-6-5-10-4-3-7-24-10/h3-4,7,16H,5-6,8H2,1-2H3,(H2,17,18,20,22). The quantitative estimate of drug-likeness (QED) is 0.630. The normalized spacial score (nSPS) is 10.2. The Labute approximate surface area is 152 Å². The Morgan fingerprint density at radius 3 is 2.80 bits per heavy atom. The van der Waals surface area contributed by atoms with E-state index in [4.69, 9.17) is 4.74 Å². The van der Waals surface area contributed by atoms with Crippen molar-refractivity contribution >= 4 is 45.8 Å². The second-order valence-corrected chi connectivity index (χ2v) is 6.74. The average Bonchev–Trinajstić information content (AvgIpc) is 3.22. The summed E-state index contributed by atoms with van der Waals surface area (Å²) in [7, 11) is 1.66. The minimum atomic E-state index is -0.700. The van der Waals surface area contributed by atoms with Crippen molar-refractivity contribution in [1.82, 2.24) is 15.0 Å². The van der Waals surface area contributed by atoms with Crippen molar-refractivity contribution in [2.24, 2.45) is 0 Å². The zero-order valence-electron chi connectivity index (χ0n) is 13.8. The number of urea groups is 1. The van der Waals surface area contributed by atoms with E-state index in [0.29, 0.717) is 29.2 Å². The molecule has 0 saturated heterocycles. The van der Waals surface area contributed by atoms with Gasteiger partial charge in [0.25, 0.3) is 5.91 Å². The van der Waals surface area contributed by atoms with E-state index in [-0.39, 0.29) is 0 Å². The van der Waals surface area contributed by atoms with Crippen LogP contribution in [-0.4, -0.2) is 42.5 Å². The van der Waals surface area contributed by atoms with E-state index < -0.39 is 24.5 Å². The van der Waals surface area contributed by atoms with Crippen LogP contribution in [0.15, 0.2) is 17.5 Å². The minimum absolute atomic E-state index is 0.292. The molecule has 0 bridgehead atoms. The fraction of sp³-hybridized carbons (Fsp3) is 0.333. The molecule has 0 aliphatic heterocycles. The molecule has 2 heterocycles. The number of aryl methyl sites for hydroxylation is 1. The van der Waals surface area contributed by atoms with Crippen LogP contribution in [0, 0.1) is 6.92 Å². The third kappa shape index (κ3) is 5.54. The lowest BCUT2D eigenvalue weighted by Crippen LogP contribution is -2.42. The van der Waals surface area contributed by atoms with Crippen molar-refractivity contribution in [2.45, 2.75) is 13.3 Å². The summed E-state index contributed by atoms with van der Waals surface area (Å²) in [6.07, 6.45) is 0.686. The van der Waals surface area contributed by atoms with Crippen LogP contribution in [0.1, 0.15) is 20.9 Å². The molecule has 0 saturated carbocycles. The second kappa shape index (κ2) is 9.14. The van der Waals surface area contributed by atoms with Crippen molar-refractivity contribution in [3.8, 4) is 0 Å². The predicted molar refractivity (Wildman–Crippen MR) is 96.2 cm³/mol. The average molecular weight is 382 g/mol. The number of carbonyl (C=O) groups is 3. The molecule has 0 radical (unpaired) electrons. The molecule has 0 atom stereocenters. The summed E-state index contributed by atoms with van der Waals surface area (Å²) in [5.41, 5.74) is 0.812. The molecule has 2 aromatic rings. The number of ether oxygens (including phenoxy) is 1. The third-order valence-corrected chi connectivity index (χ3v) is 5.01. The molecule has 3 N–H and O–H groups in total. The van der Waals surface area contributed by atoms with E-state index in [1.165, 1.54) is 0 Å². The molecule has 0 aliphatic carbocycles. The van der Waals surface area contributed by atoms with Crippen molar-refractivity contribution in [1.29, 1.82) is 0 Å². The molecule has 8 nitrogen and oxygen atoms in total. The first kappa shape index (κ1) is 18.9. The molecule has 25 heavy (non-hydrogen) atoms. The van der Waals surface area contributed by atoms with E-state index in [1.54, 1.807) is 25.3 Å². The number of esters is 1. The molecule has 0 unspecified atom stereocenters. The number of anilines is 1. The Balaban J connectivity index is 1.71. The van der Waals surface area contributed by atoms with Gasteiger partial charge in [-0.1, -0.05) is 6.07 Å². The Bertz CT molecular complexity index is 743. The van der Waals surface area contributed by atoms with E-state index in [1.807, 2.05) is 17.5 Å². The lowest BCUT2D eigenvalue weighted by atomic mass is 10.2. The van der Waals surface area contributed by atoms with E-state index in [2.05, 4.69) is 20.3 Å². The summed E-state index contributed by atoms with van der Waals surface area (Å²) in [6.45, 7) is 1.54. The highest BCUT2D eigenvalue weighted by atomic mass is 32.1. The van der Waals surface area contributed by atoms with Crippen molar-refractivity contribution < 1.29 is 19.1 Å². The van der Waals surface area contributed by atoms with Gasteiger partial charge in [0, 0.05) is 18.5 Å². The van der Waals surface area contributed by atoms with Gasteiger partial charge < -0.3 is 15.4 Å². The molecular weight excluding hydrogens is 364 g/mol. The molecule has 0 spiro atoms. The molecule has 134 valence electrons. The van der Waals surface area contributed by atoms with Crippen molar-refractivity contribution in [3.63, 3.8) is 0 Å². The Morgan fingerprint density at radius 2 is 2.12 bits per heavy atom. The van der Waals surface area contributed by atoms with Crippen LogP contribution in [0.25, 0.3) is 0 Å². The Kier molecular flexibility index (Phi) is 6.90. The SMILES string of the molecule is CNc1snc(C)c1C(=O)OCC(=O)NC(=O)NCCc1cccs1. The maximum atomic E-state index is 12.0. The van der Waals surface area contributed by atoms with Crippen LogP contribution in [0.5, 0.6) is 0 Å². The van der Waals surface area contributed by atoms with Crippen LogP contribution in [-0.2, 0) is 16.0 Å². The number of nitrogens with one attached hydrogen (secondary N) is 3. The Hall–Kier alpha value is -2.46. The van der Waals surface area contributed by atoms with Gasteiger partial charge in [0.05, 0.1) is 5.69 Å². The van der Waals surface area contributed by atoms with Gasteiger partial charge >= 0.3 is 12.0 Å². The highest BCUT2D eigenvalue weighted by molar-refractivity contribution is 7.10. The summed E-state index contributed by atoms with van der Waals surface area (Å²) in [5, 5.41) is 10.0. The fourth-order valence-electron chi connectivity index (χ4n) is 1.94. The largest absolute Gasteiger partial charge is 0.452 e. The molecular formula is C15H18N4O4S2. The molecule has 3 amide bonds. The van der Waals surface area contributed by atoms with Gasteiger partial charge in [-0.3, -0.25) is 10.1 Å². The smallest absolute Gasteiger partial charge is 0.343 e. The summed E-state index contributed by atoms with van der Waals surface area (Å²) in [4.78, 5) is 36.5. The number of rotatable bonds is 7. The minimum Gasteiger partial charge on any atom is -0.452 e. The van der Waals surface area contributed by atoms with Gasteiger partial charge in [-0.15, -0.1) is 11.3 Å². The third-order valence-electron chi connectivity index (χ3n) is 3.12. The number of imide groups is 1. The molecule has 0 fully saturated rings. The number of hydrogen-bond acceptors (Lipinski definition) is 8. The first-order valence-electron chi connectivity index (χ1n) is 7.42. The molecule has 0 aliphatic rings. The van der Waals surface area contributed by atoms with Gasteiger partial charge in [-0.05, 0) is 36.3 Å². The van der Waals surface area contributed by atoms with Gasteiger partial charge in [-0.25, -0.2) is 9.59 Å². The number of thiophene rings is 1. The second-order valence-electron chi connectivity index (χ2n) is 4.93. The molecule has 2 rings (SSSR count). The van der Waals surface area contributed by atoms with E-state index in [9.17, 15) is 14.4 Å². The van der Waals surface area contributed by atoms with Crippen LogP contribution >= 0.6 is 22.9 Å². The summed E-state index contributed by atoms with van der Waals surface area (Å²) in [6, 6.07) is 3.28. The van der Waals surface area contributed by atoms with Crippen LogP contribution < -0.4 is 16.0 Å². The molecule has 10 heteroatoms. The van der Waals surface area contributed by atoms with E-state index >= 15 is 0 Å². The maximum absolute atomic E-state index is 12.0. The zero-order chi connectivity index (χ0) is 18.2. The number of amides is 3. The lowest BCUT2D eigenvalue weighted by molar-refractivity contribution is -0.123. The van der Waals surface area contributed by atoms with Gasteiger partial charge in [0.15, 0.2) is 6.61 Å². The zero-order valence-corrected chi connectivity index (χ0v) is 15.4. The van der Waals surface area contributed by atoms with E-state index in [0.717, 1.165) is 16.4 Å². The molecule has 2 aromatic heterocycles. The highest BCUT2D eigenvalue weighted by Gasteiger charge is 2.20. The highest BCUT2D eigenvalue weighted by Crippen LogP contribution is 2.24. The van der Waals surface area contributed by atoms with Gasteiger partial charge in [0.1, 0.15) is 10.6 Å². The fourth-order valence-corrected chi connectivity index (χ4v) is 3.39. The summed E-state index contributed by atoms with van der Waals surface area (Å²) < 4.78 is 8.99. The van der Waals surface area contributed by atoms with Crippen LogP contribution in [0.4, 0.5) is 9.80 Å². The number of nitrogens with zero attached hydrogens (tertiary/aromatic N) is 1. The Morgan fingerprint density at radius 1 is 1.32 bits per heavy atom. The van der Waals surface area contributed by atoms with Crippen LogP contribution in [0.2, 0.25) is 0 Å². The van der Waals surface area contributed by atoms with Crippen LogP contribution in [0.3, 0.4) is 0 Å². The summed E-state index contributed by atoms with van der Waals surface area (Å²) >= 11 is 2.73.